The fourth-order valence-electron chi connectivity index (χ4n) is 6.38. The third-order valence-corrected chi connectivity index (χ3v) is 9.85. The van der Waals surface area contributed by atoms with E-state index in [0.717, 1.165) is 21.8 Å². The first-order valence-corrected chi connectivity index (χ1v) is 15.6. The molecule has 1 aliphatic carbocycles. The SMILES string of the molecule is Cc1cccc(F)c1C(=O)N1CCC[C@H](C(=O)Nc2nc(C)c(C(C)(C)C)s2)C1c1ccc(NC2CCCC2)cc1. The number of nitrogens with zero attached hydrogens (tertiary/aromatic N) is 2. The van der Waals surface area contributed by atoms with Crippen molar-refractivity contribution in [1.29, 1.82) is 0 Å². The molecule has 2 heterocycles. The summed E-state index contributed by atoms with van der Waals surface area (Å²) in [6.45, 7) is 10.6. The Kier molecular flexibility index (Phi) is 8.50. The molecule has 0 bridgehead atoms. The fraction of sp³-hybridized carbons (Fsp3) is 0.485. The predicted molar refractivity (Wildman–Crippen MR) is 164 cm³/mol. The van der Waals surface area contributed by atoms with Crippen LogP contribution in [0.15, 0.2) is 42.5 Å². The number of benzene rings is 2. The zero-order valence-corrected chi connectivity index (χ0v) is 25.5. The highest BCUT2D eigenvalue weighted by molar-refractivity contribution is 7.16. The number of aromatic nitrogens is 1. The van der Waals surface area contributed by atoms with Crippen LogP contribution >= 0.6 is 11.3 Å². The van der Waals surface area contributed by atoms with E-state index in [1.165, 1.54) is 43.1 Å². The normalized spacial score (nSPS) is 19.8. The van der Waals surface area contributed by atoms with Gasteiger partial charge < -0.3 is 15.5 Å². The second-order valence-electron chi connectivity index (χ2n) is 12.5. The molecule has 0 radical (unpaired) electrons. The zero-order chi connectivity index (χ0) is 29.3. The third-order valence-electron chi connectivity index (χ3n) is 8.35. The van der Waals surface area contributed by atoms with E-state index in [2.05, 4.69) is 36.4 Å². The Hall–Kier alpha value is -3.26. The van der Waals surface area contributed by atoms with Gasteiger partial charge in [0.05, 0.1) is 23.2 Å². The van der Waals surface area contributed by atoms with Crippen molar-refractivity contribution in [3.8, 4) is 0 Å². The molecule has 2 aliphatic rings. The number of rotatable bonds is 6. The van der Waals surface area contributed by atoms with E-state index in [0.29, 0.717) is 36.1 Å². The monoisotopic (exact) mass is 576 g/mol. The summed E-state index contributed by atoms with van der Waals surface area (Å²) < 4.78 is 15.0. The maximum absolute atomic E-state index is 15.0. The lowest BCUT2D eigenvalue weighted by Gasteiger charge is -2.41. The summed E-state index contributed by atoms with van der Waals surface area (Å²) in [5, 5.41) is 7.26. The lowest BCUT2D eigenvalue weighted by molar-refractivity contribution is -0.123. The van der Waals surface area contributed by atoms with E-state index in [9.17, 15) is 14.0 Å². The van der Waals surface area contributed by atoms with E-state index < -0.39 is 17.8 Å². The van der Waals surface area contributed by atoms with E-state index in [4.69, 9.17) is 0 Å². The van der Waals surface area contributed by atoms with Gasteiger partial charge in [0.2, 0.25) is 5.91 Å². The number of likely N-dealkylation sites (tertiary alicyclic amines) is 1. The maximum Gasteiger partial charge on any atom is 0.257 e. The van der Waals surface area contributed by atoms with Crippen molar-refractivity contribution < 1.29 is 14.0 Å². The maximum atomic E-state index is 15.0. The van der Waals surface area contributed by atoms with Crippen molar-refractivity contribution in [2.75, 3.05) is 17.2 Å². The minimum absolute atomic E-state index is 0.0726. The quantitative estimate of drug-likeness (QED) is 0.314. The molecule has 1 unspecified atom stereocenters. The largest absolute Gasteiger partial charge is 0.382 e. The summed E-state index contributed by atoms with van der Waals surface area (Å²) in [4.78, 5) is 35.3. The number of aryl methyl sites for hydroxylation is 2. The molecule has 1 aromatic heterocycles. The molecule has 8 heteroatoms. The third kappa shape index (κ3) is 6.32. The number of halogens is 1. The van der Waals surface area contributed by atoms with Crippen LogP contribution < -0.4 is 10.6 Å². The van der Waals surface area contributed by atoms with E-state index in [1.807, 2.05) is 31.2 Å². The van der Waals surface area contributed by atoms with Gasteiger partial charge in [0.15, 0.2) is 5.13 Å². The van der Waals surface area contributed by atoms with Gasteiger partial charge in [-0.15, -0.1) is 11.3 Å². The number of hydrogen-bond donors (Lipinski definition) is 2. The first-order chi connectivity index (χ1) is 19.5. The Morgan fingerprint density at radius 3 is 2.34 bits per heavy atom. The molecule has 1 aliphatic heterocycles. The summed E-state index contributed by atoms with van der Waals surface area (Å²) in [7, 11) is 0. The lowest BCUT2D eigenvalue weighted by atomic mass is 9.83. The summed E-state index contributed by atoms with van der Waals surface area (Å²) in [6, 6.07) is 12.7. The highest BCUT2D eigenvalue weighted by Crippen LogP contribution is 2.40. The van der Waals surface area contributed by atoms with E-state index in [-0.39, 0.29) is 22.8 Å². The van der Waals surface area contributed by atoms with Crippen LogP contribution in [-0.2, 0) is 10.2 Å². The Morgan fingerprint density at radius 1 is 1.00 bits per heavy atom. The van der Waals surface area contributed by atoms with Crippen molar-refractivity contribution in [1.82, 2.24) is 9.88 Å². The fourth-order valence-corrected chi connectivity index (χ4v) is 7.41. The van der Waals surface area contributed by atoms with Gasteiger partial charge in [-0.2, -0.15) is 0 Å². The molecule has 5 rings (SSSR count). The molecule has 2 atom stereocenters. The Morgan fingerprint density at radius 2 is 1.71 bits per heavy atom. The summed E-state index contributed by atoms with van der Waals surface area (Å²) >= 11 is 1.50. The van der Waals surface area contributed by atoms with E-state index >= 15 is 0 Å². The smallest absolute Gasteiger partial charge is 0.257 e. The minimum Gasteiger partial charge on any atom is -0.382 e. The number of anilines is 2. The van der Waals surface area contributed by atoms with Crippen LogP contribution in [0.3, 0.4) is 0 Å². The Balaban J connectivity index is 1.47. The zero-order valence-electron chi connectivity index (χ0n) is 24.7. The van der Waals surface area contributed by atoms with Gasteiger partial charge in [-0.05, 0) is 74.3 Å². The average molecular weight is 577 g/mol. The second kappa shape index (κ2) is 11.9. The van der Waals surface area contributed by atoms with Gasteiger partial charge in [0.1, 0.15) is 5.82 Å². The molecule has 2 fully saturated rings. The predicted octanol–water partition coefficient (Wildman–Crippen LogP) is 7.78. The van der Waals surface area contributed by atoms with Crippen LogP contribution in [0, 0.1) is 25.6 Å². The highest BCUT2D eigenvalue weighted by Gasteiger charge is 2.41. The van der Waals surface area contributed by atoms with Crippen molar-refractivity contribution in [2.24, 2.45) is 5.92 Å². The molecular weight excluding hydrogens is 535 g/mol. The van der Waals surface area contributed by atoms with E-state index in [1.54, 1.807) is 24.0 Å². The highest BCUT2D eigenvalue weighted by atomic mass is 32.1. The topological polar surface area (TPSA) is 74.3 Å². The lowest BCUT2D eigenvalue weighted by Crippen LogP contribution is -2.46. The van der Waals surface area contributed by atoms with Crippen LogP contribution in [0.4, 0.5) is 15.2 Å². The standard InChI is InChI=1S/C33H41FN4O2S/c1-20-10-8-14-26(34)27(20)31(40)38-19-9-13-25(30(39)37-32-35-21(2)29(41-32)33(3,4)5)28(38)22-15-17-24(18-16-22)36-23-11-6-7-12-23/h8,10,14-18,23,25,28,36H,6-7,9,11-13,19H2,1-5H3,(H,35,37,39)/t25-,28?/m0/s1. The molecule has 1 saturated heterocycles. The molecule has 218 valence electrons. The molecule has 0 spiro atoms. The van der Waals surface area contributed by atoms with Crippen molar-refractivity contribution in [2.45, 2.75) is 90.6 Å². The molecular formula is C33H41FN4O2S. The first kappa shape index (κ1) is 29.2. The number of carbonyl (C=O) groups is 2. The molecule has 6 nitrogen and oxygen atoms in total. The van der Waals surface area contributed by atoms with Gasteiger partial charge in [-0.3, -0.25) is 9.59 Å². The van der Waals surface area contributed by atoms with Gasteiger partial charge >= 0.3 is 0 Å². The molecule has 41 heavy (non-hydrogen) atoms. The summed E-state index contributed by atoms with van der Waals surface area (Å²) in [5.74, 6) is -1.59. The average Bonchev–Trinajstić information content (AvgIpc) is 3.57. The Labute approximate surface area is 246 Å². The number of piperidine rings is 1. The molecule has 2 aromatic carbocycles. The van der Waals surface area contributed by atoms with Crippen molar-refractivity contribution in [3.05, 3.63) is 75.5 Å². The summed E-state index contributed by atoms with van der Waals surface area (Å²) in [5.41, 5.74) is 3.40. The molecule has 3 aromatic rings. The van der Waals surface area contributed by atoms with Crippen LogP contribution in [0.1, 0.15) is 97.4 Å². The van der Waals surface area contributed by atoms with Crippen LogP contribution in [0.25, 0.3) is 0 Å². The van der Waals surface area contributed by atoms with Crippen LogP contribution in [-0.4, -0.2) is 34.3 Å². The van der Waals surface area contributed by atoms with Gasteiger partial charge in [0, 0.05) is 23.2 Å². The van der Waals surface area contributed by atoms with Gasteiger partial charge in [-0.25, -0.2) is 9.37 Å². The summed E-state index contributed by atoms with van der Waals surface area (Å²) in [6.07, 6.45) is 6.11. The van der Waals surface area contributed by atoms with Gasteiger partial charge in [0.25, 0.3) is 5.91 Å². The molecule has 1 saturated carbocycles. The number of carbonyl (C=O) groups excluding carboxylic acids is 2. The van der Waals surface area contributed by atoms with Gasteiger partial charge in [-0.1, -0.05) is 57.9 Å². The Bertz CT molecular complexity index is 1390. The second-order valence-corrected chi connectivity index (χ2v) is 13.5. The van der Waals surface area contributed by atoms with Crippen LogP contribution in [0.5, 0.6) is 0 Å². The number of hydrogen-bond acceptors (Lipinski definition) is 5. The first-order valence-electron chi connectivity index (χ1n) is 14.7. The number of nitrogens with one attached hydrogen (secondary N) is 2. The number of thiazole rings is 1. The van der Waals surface area contributed by atoms with Crippen molar-refractivity contribution >= 4 is 34.0 Å². The minimum atomic E-state index is -0.538. The molecule has 2 amide bonds. The molecule has 2 N–H and O–H groups in total. The van der Waals surface area contributed by atoms with Crippen LogP contribution in [0.2, 0.25) is 0 Å². The number of amides is 2. The van der Waals surface area contributed by atoms with Crippen molar-refractivity contribution in [3.63, 3.8) is 0 Å².